The second kappa shape index (κ2) is 11.8. The molecule has 12 rings (SSSR count). The highest BCUT2D eigenvalue weighted by Crippen LogP contribution is 2.66. The molecule has 3 atom stereocenters. The van der Waals surface area contributed by atoms with E-state index in [1.54, 1.807) is 11.1 Å². The van der Waals surface area contributed by atoms with Gasteiger partial charge in [-0.15, -0.1) is 0 Å². The summed E-state index contributed by atoms with van der Waals surface area (Å²) in [6.07, 6.45) is 5.37. The molecule has 0 aliphatic heterocycles. The summed E-state index contributed by atoms with van der Waals surface area (Å²) >= 11 is 0. The molecule has 0 N–H and O–H groups in total. The number of furan rings is 1. The largest absolute Gasteiger partial charge is 0.456 e. The molecule has 1 spiro atoms. The van der Waals surface area contributed by atoms with Crippen molar-refractivity contribution in [1.29, 1.82) is 0 Å². The number of anilines is 3. The van der Waals surface area contributed by atoms with Gasteiger partial charge in [-0.05, 0) is 147 Å². The molecular weight excluding hydrogens is 691 g/mol. The Bertz CT molecular complexity index is 2940. The lowest BCUT2D eigenvalue weighted by molar-refractivity contribution is 0.327. The monoisotopic (exact) mass is 737 g/mol. The van der Waals surface area contributed by atoms with Gasteiger partial charge in [0.25, 0.3) is 0 Å². The molecule has 57 heavy (non-hydrogen) atoms. The Morgan fingerprint density at radius 1 is 0.561 bits per heavy atom. The molecule has 2 heteroatoms. The van der Waals surface area contributed by atoms with Crippen LogP contribution in [0, 0.1) is 11.8 Å². The van der Waals surface area contributed by atoms with Crippen molar-refractivity contribution in [3.63, 3.8) is 0 Å². The smallest absolute Gasteiger partial charge is 0.138 e. The van der Waals surface area contributed by atoms with Crippen LogP contribution in [0.25, 0.3) is 55.3 Å². The minimum absolute atomic E-state index is 0.0873. The quantitative estimate of drug-likeness (QED) is 0.175. The predicted molar refractivity (Wildman–Crippen MR) is 237 cm³/mol. The maximum atomic E-state index is 6.45. The van der Waals surface area contributed by atoms with Gasteiger partial charge < -0.3 is 9.32 Å². The Balaban J connectivity index is 1.00. The topological polar surface area (TPSA) is 16.4 Å². The van der Waals surface area contributed by atoms with Gasteiger partial charge in [0.05, 0.1) is 0 Å². The molecule has 1 heterocycles. The van der Waals surface area contributed by atoms with Gasteiger partial charge >= 0.3 is 0 Å². The molecule has 2 fully saturated rings. The fourth-order valence-corrected chi connectivity index (χ4v) is 12.1. The first-order valence-electron chi connectivity index (χ1n) is 21.1. The van der Waals surface area contributed by atoms with E-state index in [2.05, 4.69) is 178 Å². The summed E-state index contributed by atoms with van der Waals surface area (Å²) in [6.45, 7) is 9.24. The van der Waals surface area contributed by atoms with E-state index in [1.807, 2.05) is 0 Å². The fourth-order valence-electron chi connectivity index (χ4n) is 12.1. The predicted octanol–water partition coefficient (Wildman–Crippen LogP) is 15.2. The van der Waals surface area contributed by atoms with Crippen molar-refractivity contribution < 1.29 is 4.42 Å². The first kappa shape index (κ1) is 33.3. The maximum absolute atomic E-state index is 6.45. The van der Waals surface area contributed by atoms with E-state index in [0.717, 1.165) is 17.1 Å². The van der Waals surface area contributed by atoms with Crippen molar-refractivity contribution in [3.8, 4) is 33.4 Å². The first-order valence-corrected chi connectivity index (χ1v) is 21.1. The highest BCUT2D eigenvalue weighted by atomic mass is 16.3. The summed E-state index contributed by atoms with van der Waals surface area (Å²) in [4.78, 5) is 2.52. The van der Waals surface area contributed by atoms with Crippen molar-refractivity contribution in [2.45, 2.75) is 70.1 Å². The van der Waals surface area contributed by atoms with Gasteiger partial charge in [0.1, 0.15) is 11.2 Å². The summed E-state index contributed by atoms with van der Waals surface area (Å²) < 4.78 is 6.45. The molecule has 8 aromatic rings. The average Bonchev–Trinajstić information content (AvgIpc) is 4.05. The summed E-state index contributed by atoms with van der Waals surface area (Å²) in [5.41, 5.74) is 20.7. The standard InChI is InChI=1S/C55H47NO/c1-33(2)41-12-9-13-46-47-29-36(19-27-52(47)57-53(41)46)35-17-21-38(22-18-35)56(39-23-25-44-42-10-5-7-14-48(42)54(3,4)50(44)30-39)40-24-26-45-43-11-6-8-15-49(43)55(51(45)31-40)32-34-16-20-37(55)28-34/h5-15,17-19,21-27,29-31,33-34,37H,16,20,28,32H2,1-4H3. The number of fused-ring (bicyclic) bond motifs is 14. The second-order valence-electron chi connectivity index (χ2n) is 18.3. The molecule has 3 unspecified atom stereocenters. The van der Waals surface area contributed by atoms with Crippen LogP contribution in [0.15, 0.2) is 150 Å². The van der Waals surface area contributed by atoms with Crippen molar-refractivity contribution in [3.05, 3.63) is 173 Å². The fraction of sp³-hybridized carbons (Fsp3) is 0.236. The number of para-hydroxylation sites is 1. The zero-order valence-electron chi connectivity index (χ0n) is 33.3. The van der Waals surface area contributed by atoms with Gasteiger partial charge in [0.2, 0.25) is 0 Å². The molecule has 0 radical (unpaired) electrons. The highest BCUT2D eigenvalue weighted by molar-refractivity contribution is 6.07. The van der Waals surface area contributed by atoms with Crippen LogP contribution in [-0.4, -0.2) is 0 Å². The van der Waals surface area contributed by atoms with Crippen LogP contribution in [0.4, 0.5) is 17.1 Å². The lowest BCUT2D eigenvalue weighted by atomic mass is 9.67. The Kier molecular flexibility index (Phi) is 6.91. The van der Waals surface area contributed by atoms with Crippen LogP contribution in [0.2, 0.25) is 0 Å². The average molecular weight is 738 g/mol. The van der Waals surface area contributed by atoms with E-state index in [1.165, 1.54) is 104 Å². The van der Waals surface area contributed by atoms with E-state index in [4.69, 9.17) is 4.42 Å². The normalized spacial score (nSPS) is 20.7. The Hall–Kier alpha value is -5.86. The van der Waals surface area contributed by atoms with E-state index in [-0.39, 0.29) is 10.8 Å². The van der Waals surface area contributed by atoms with E-state index in [0.29, 0.717) is 11.8 Å². The van der Waals surface area contributed by atoms with Crippen LogP contribution in [0.5, 0.6) is 0 Å². The van der Waals surface area contributed by atoms with Gasteiger partial charge in [-0.2, -0.15) is 0 Å². The van der Waals surface area contributed by atoms with Crippen molar-refractivity contribution in [2.75, 3.05) is 4.90 Å². The number of hydrogen-bond acceptors (Lipinski definition) is 2. The third-order valence-corrected chi connectivity index (χ3v) is 14.7. The zero-order valence-corrected chi connectivity index (χ0v) is 33.3. The van der Waals surface area contributed by atoms with Crippen molar-refractivity contribution >= 4 is 39.0 Å². The summed E-state index contributed by atoms with van der Waals surface area (Å²) in [6, 6.07) is 55.4. The zero-order chi connectivity index (χ0) is 38.2. The second-order valence-corrected chi connectivity index (χ2v) is 18.3. The summed E-state index contributed by atoms with van der Waals surface area (Å²) in [5.74, 6) is 1.95. The van der Waals surface area contributed by atoms with Crippen molar-refractivity contribution in [1.82, 2.24) is 0 Å². The van der Waals surface area contributed by atoms with Crippen molar-refractivity contribution in [2.24, 2.45) is 11.8 Å². The minimum atomic E-state index is -0.0873. The van der Waals surface area contributed by atoms with Gasteiger partial charge in [0, 0.05) is 38.7 Å². The Morgan fingerprint density at radius 2 is 1.21 bits per heavy atom. The molecule has 278 valence electrons. The number of nitrogens with zero attached hydrogens (tertiary/aromatic N) is 1. The SMILES string of the molecule is CC(C)c1cccc2c1oc1ccc(-c3ccc(N(c4ccc5c(c4)C(C)(C)c4ccccc4-5)c4ccc5c(c4)C4(CC6CCC4C6)c4ccccc4-5)cc3)cc12. The Morgan fingerprint density at radius 3 is 1.93 bits per heavy atom. The van der Waals surface area contributed by atoms with E-state index >= 15 is 0 Å². The van der Waals surface area contributed by atoms with E-state index < -0.39 is 0 Å². The first-order chi connectivity index (χ1) is 27.8. The van der Waals surface area contributed by atoms with Gasteiger partial charge in [0.15, 0.2) is 0 Å². The molecule has 2 saturated carbocycles. The minimum Gasteiger partial charge on any atom is -0.456 e. The van der Waals surface area contributed by atoms with Gasteiger partial charge in [-0.25, -0.2) is 0 Å². The third-order valence-electron chi connectivity index (χ3n) is 14.7. The van der Waals surface area contributed by atoms with Crippen LogP contribution < -0.4 is 4.90 Å². The molecule has 0 saturated heterocycles. The molecule has 1 aromatic heterocycles. The highest BCUT2D eigenvalue weighted by Gasteiger charge is 2.56. The van der Waals surface area contributed by atoms with Crippen LogP contribution in [0.3, 0.4) is 0 Å². The number of benzene rings is 7. The number of rotatable bonds is 5. The lowest BCUT2D eigenvalue weighted by Crippen LogP contribution is -2.32. The van der Waals surface area contributed by atoms with Gasteiger partial charge in [-0.3, -0.25) is 0 Å². The molecule has 0 amide bonds. The molecule has 4 aliphatic rings. The molecule has 2 nitrogen and oxygen atoms in total. The Labute approximate surface area is 335 Å². The van der Waals surface area contributed by atoms with Crippen LogP contribution >= 0.6 is 0 Å². The van der Waals surface area contributed by atoms with Crippen LogP contribution in [0.1, 0.15) is 87.1 Å². The molecule has 2 bridgehead atoms. The van der Waals surface area contributed by atoms with E-state index in [9.17, 15) is 0 Å². The van der Waals surface area contributed by atoms with Gasteiger partial charge in [-0.1, -0.05) is 131 Å². The molecule has 7 aromatic carbocycles. The lowest BCUT2D eigenvalue weighted by Gasteiger charge is -2.37. The third kappa shape index (κ3) is 4.59. The summed E-state index contributed by atoms with van der Waals surface area (Å²) in [7, 11) is 0. The maximum Gasteiger partial charge on any atom is 0.138 e. The summed E-state index contributed by atoms with van der Waals surface area (Å²) in [5, 5.41) is 2.36. The molecule has 4 aliphatic carbocycles. The number of hydrogen-bond donors (Lipinski definition) is 0. The van der Waals surface area contributed by atoms with Crippen LogP contribution in [-0.2, 0) is 10.8 Å². The molecular formula is C55H47NO.